The molecule has 3 aromatic carbocycles. The molecule has 0 aromatic heterocycles. The molecule has 3 aromatic rings. The Hall–Kier alpha value is -3.08. The summed E-state index contributed by atoms with van der Waals surface area (Å²) in [4.78, 5) is 0.197. The predicted molar refractivity (Wildman–Crippen MR) is 79.6 cm³/mol. The molecule has 0 radical (unpaired) electrons. The predicted octanol–water partition coefficient (Wildman–Crippen LogP) is 4.22. The zero-order valence-electron chi connectivity index (χ0n) is 11.1. The van der Waals surface area contributed by atoms with Crippen LogP contribution in [0.25, 0.3) is 10.8 Å². The molecule has 0 amide bonds. The normalized spacial score (nSPS) is 10.8. The summed E-state index contributed by atoms with van der Waals surface area (Å²) in [5.74, 6) is 0.322. The van der Waals surface area contributed by atoms with Gasteiger partial charge in [-0.05, 0) is 28.4 Å². The molecule has 106 valence electrons. The van der Waals surface area contributed by atoms with Crippen LogP contribution in [0.1, 0.15) is 0 Å². The molecular formula is C16H14N2O3. The highest BCUT2D eigenvalue weighted by molar-refractivity contribution is 5.90. The van der Waals surface area contributed by atoms with E-state index >= 15 is 0 Å². The van der Waals surface area contributed by atoms with Crippen LogP contribution in [0.3, 0.4) is 0 Å². The van der Waals surface area contributed by atoms with Crippen LogP contribution in [0.15, 0.2) is 78.1 Å². The lowest BCUT2D eigenvalue weighted by Gasteiger charge is -2.01. The summed E-state index contributed by atoms with van der Waals surface area (Å²) in [5, 5.41) is 32.4. The third-order valence-electron chi connectivity index (χ3n) is 2.81. The van der Waals surface area contributed by atoms with Crippen molar-refractivity contribution in [2.45, 2.75) is 0 Å². The first-order valence-electron chi connectivity index (χ1n) is 6.26. The Bertz CT molecular complexity index is 737. The van der Waals surface area contributed by atoms with Crippen molar-refractivity contribution in [3.05, 3.63) is 78.0 Å². The summed E-state index contributed by atoms with van der Waals surface area (Å²) in [6, 6.07) is 21.4. The Morgan fingerprint density at radius 2 is 1.43 bits per heavy atom. The monoisotopic (exact) mass is 282 g/mol. The molecular weight excluding hydrogens is 268 g/mol. The minimum Gasteiger partial charge on any atom is -0.592 e. The van der Waals surface area contributed by atoms with E-state index in [0.29, 0.717) is 11.4 Å². The Labute approximate surface area is 121 Å². The van der Waals surface area contributed by atoms with E-state index in [2.05, 4.69) is 5.28 Å². The number of rotatable bonds is 1. The van der Waals surface area contributed by atoms with Crippen molar-refractivity contribution < 1.29 is 15.2 Å². The number of phenolic OH excluding ortho intramolecular Hbond substituents is 1. The second-order valence-corrected chi connectivity index (χ2v) is 4.20. The number of benzene rings is 3. The van der Waals surface area contributed by atoms with Crippen molar-refractivity contribution in [2.24, 2.45) is 5.28 Å². The van der Waals surface area contributed by atoms with E-state index in [-0.39, 0.29) is 4.86 Å². The minimum absolute atomic E-state index is 0.197. The summed E-state index contributed by atoms with van der Waals surface area (Å²) < 4.78 is 0. The van der Waals surface area contributed by atoms with Gasteiger partial charge in [-0.3, -0.25) is 0 Å². The van der Waals surface area contributed by atoms with Gasteiger partial charge in [0.2, 0.25) is 5.28 Å². The van der Waals surface area contributed by atoms with Crippen LogP contribution in [-0.2, 0) is 0 Å². The third kappa shape index (κ3) is 3.70. The van der Waals surface area contributed by atoms with Crippen molar-refractivity contribution in [1.29, 1.82) is 0 Å². The van der Waals surface area contributed by atoms with Gasteiger partial charge in [-0.25, -0.2) is 0 Å². The number of para-hydroxylation sites is 1. The number of phenols is 1. The molecule has 0 aliphatic heterocycles. The minimum atomic E-state index is 0.197. The van der Waals surface area contributed by atoms with Crippen LogP contribution >= 0.6 is 0 Å². The summed E-state index contributed by atoms with van der Waals surface area (Å²) in [6.07, 6.45) is 0. The molecule has 3 rings (SSSR count). The second-order valence-electron chi connectivity index (χ2n) is 4.20. The lowest BCUT2D eigenvalue weighted by Crippen LogP contribution is -1.91. The van der Waals surface area contributed by atoms with Crippen molar-refractivity contribution >= 4 is 16.5 Å². The molecule has 0 aliphatic carbocycles. The standard InChI is InChI=1S/C10H8N2O2.C6H6O/c13-11-12(14)10-7-3-5-8-4-1-2-6-9(8)10;7-6-4-2-1-3-5-6/h1-7,13H;1-5,7H. The van der Waals surface area contributed by atoms with E-state index in [4.69, 9.17) is 10.3 Å². The molecule has 0 bridgehead atoms. The van der Waals surface area contributed by atoms with Crippen LogP contribution < -0.4 is 0 Å². The summed E-state index contributed by atoms with van der Waals surface area (Å²) in [5.41, 5.74) is 0.339. The first kappa shape index (κ1) is 14.3. The van der Waals surface area contributed by atoms with Gasteiger partial charge < -0.3 is 15.5 Å². The fourth-order valence-electron chi connectivity index (χ4n) is 1.85. The van der Waals surface area contributed by atoms with Gasteiger partial charge >= 0.3 is 0 Å². The maximum Gasteiger partial charge on any atom is 0.256 e. The highest BCUT2D eigenvalue weighted by Gasteiger charge is 2.08. The van der Waals surface area contributed by atoms with Crippen molar-refractivity contribution in [1.82, 2.24) is 0 Å². The van der Waals surface area contributed by atoms with E-state index in [1.165, 1.54) is 0 Å². The molecule has 0 spiro atoms. The molecule has 0 atom stereocenters. The molecule has 21 heavy (non-hydrogen) atoms. The average Bonchev–Trinajstić information content (AvgIpc) is 2.55. The van der Waals surface area contributed by atoms with Crippen LogP contribution in [0, 0.1) is 5.21 Å². The maximum atomic E-state index is 11.1. The molecule has 0 unspecified atom stereocenters. The smallest absolute Gasteiger partial charge is 0.256 e. The first-order chi connectivity index (χ1) is 10.2. The van der Waals surface area contributed by atoms with E-state index in [1.807, 2.05) is 30.3 Å². The number of nitrogens with zero attached hydrogens (tertiary/aromatic N) is 2. The Morgan fingerprint density at radius 1 is 0.810 bits per heavy atom. The van der Waals surface area contributed by atoms with Crippen molar-refractivity contribution in [2.75, 3.05) is 0 Å². The molecule has 0 fully saturated rings. The van der Waals surface area contributed by atoms with Crippen LogP contribution in [-0.4, -0.2) is 15.2 Å². The largest absolute Gasteiger partial charge is 0.592 e. The van der Waals surface area contributed by atoms with E-state index < -0.39 is 0 Å². The lowest BCUT2D eigenvalue weighted by atomic mass is 10.1. The Morgan fingerprint density at radius 3 is 2.05 bits per heavy atom. The van der Waals surface area contributed by atoms with Gasteiger partial charge in [-0.1, -0.05) is 48.5 Å². The van der Waals surface area contributed by atoms with Crippen LogP contribution in [0.4, 0.5) is 5.69 Å². The maximum absolute atomic E-state index is 11.1. The molecule has 0 aliphatic rings. The van der Waals surface area contributed by atoms with E-state index in [9.17, 15) is 5.21 Å². The SMILES string of the molecule is Oc1ccccc1.[O-][N+](=NO)c1cccc2ccccc12. The van der Waals surface area contributed by atoms with Gasteiger partial charge in [-0.15, -0.1) is 0 Å². The number of fused-ring (bicyclic) bond motifs is 1. The number of aromatic hydroxyl groups is 1. The van der Waals surface area contributed by atoms with Gasteiger partial charge in [0.05, 0.1) is 5.39 Å². The van der Waals surface area contributed by atoms with E-state index in [0.717, 1.165) is 10.8 Å². The molecule has 0 saturated heterocycles. The molecule has 0 saturated carbocycles. The molecule has 0 heterocycles. The molecule has 5 heteroatoms. The van der Waals surface area contributed by atoms with Crippen LogP contribution in [0.2, 0.25) is 0 Å². The number of hydrogen-bond acceptors (Lipinski definition) is 3. The Balaban J connectivity index is 0.000000194. The second kappa shape index (κ2) is 6.91. The molecule has 2 N–H and O–H groups in total. The van der Waals surface area contributed by atoms with Gasteiger partial charge in [0, 0.05) is 6.07 Å². The third-order valence-corrected chi connectivity index (χ3v) is 2.81. The Kier molecular flexibility index (Phi) is 4.71. The highest BCUT2D eigenvalue weighted by Crippen LogP contribution is 2.24. The zero-order valence-corrected chi connectivity index (χ0v) is 11.1. The van der Waals surface area contributed by atoms with Gasteiger partial charge in [0.15, 0.2) is 0 Å². The summed E-state index contributed by atoms with van der Waals surface area (Å²) >= 11 is 0. The van der Waals surface area contributed by atoms with Gasteiger partial charge in [0.1, 0.15) is 5.75 Å². The van der Waals surface area contributed by atoms with Crippen molar-refractivity contribution in [3.63, 3.8) is 0 Å². The fourth-order valence-corrected chi connectivity index (χ4v) is 1.85. The quantitative estimate of drug-likeness (QED) is 0.398. The lowest BCUT2D eigenvalue weighted by molar-refractivity contribution is -0.472. The van der Waals surface area contributed by atoms with Gasteiger partial charge in [0.25, 0.3) is 5.69 Å². The van der Waals surface area contributed by atoms with Crippen LogP contribution in [0.5, 0.6) is 5.75 Å². The zero-order chi connectivity index (χ0) is 15.1. The van der Waals surface area contributed by atoms with E-state index in [1.54, 1.807) is 42.5 Å². The van der Waals surface area contributed by atoms with Gasteiger partial charge in [-0.2, -0.15) is 0 Å². The summed E-state index contributed by atoms with van der Waals surface area (Å²) in [7, 11) is 0. The van der Waals surface area contributed by atoms with Crippen molar-refractivity contribution in [3.8, 4) is 5.75 Å². The highest BCUT2D eigenvalue weighted by atomic mass is 16.6. The topological polar surface area (TPSA) is 78.9 Å². The first-order valence-corrected chi connectivity index (χ1v) is 6.26. The average molecular weight is 282 g/mol. The summed E-state index contributed by atoms with van der Waals surface area (Å²) in [6.45, 7) is 0. The fraction of sp³-hybridized carbons (Fsp3) is 0. The molecule has 5 nitrogen and oxygen atoms in total. The number of hydrogen-bond donors (Lipinski definition) is 2.